The van der Waals surface area contributed by atoms with E-state index in [4.69, 9.17) is 5.11 Å². The lowest BCUT2D eigenvalue weighted by Gasteiger charge is -2.08. The Morgan fingerprint density at radius 2 is 1.65 bits per heavy atom. The first-order valence-electron chi connectivity index (χ1n) is 8.23. The molecule has 2 aromatic carbocycles. The van der Waals surface area contributed by atoms with Crippen LogP contribution in [0.1, 0.15) is 15.9 Å². The fourth-order valence-electron chi connectivity index (χ4n) is 2.56. The lowest BCUT2D eigenvalue weighted by atomic mass is 10.1. The van der Waals surface area contributed by atoms with Gasteiger partial charge in [0.15, 0.2) is 0 Å². The number of amides is 1. The van der Waals surface area contributed by atoms with E-state index in [9.17, 15) is 9.90 Å². The van der Waals surface area contributed by atoms with Crippen LogP contribution < -0.4 is 5.32 Å². The second-order valence-electron chi connectivity index (χ2n) is 5.71. The van der Waals surface area contributed by atoms with Gasteiger partial charge in [0.25, 0.3) is 5.91 Å². The summed E-state index contributed by atoms with van der Waals surface area (Å²) < 4.78 is 0. The van der Waals surface area contributed by atoms with Crippen molar-refractivity contribution < 1.29 is 15.0 Å². The summed E-state index contributed by atoms with van der Waals surface area (Å²) in [7, 11) is 0. The molecule has 6 heteroatoms. The zero-order valence-corrected chi connectivity index (χ0v) is 14.1. The summed E-state index contributed by atoms with van der Waals surface area (Å²) in [6.07, 6.45) is 3.31. The van der Waals surface area contributed by atoms with Gasteiger partial charge in [-0.25, -0.2) is 4.98 Å². The molecule has 0 saturated heterocycles. The average molecular weight is 349 g/mol. The molecule has 0 spiro atoms. The van der Waals surface area contributed by atoms with Crippen LogP contribution in [0.15, 0.2) is 60.9 Å². The van der Waals surface area contributed by atoms with Crippen molar-refractivity contribution in [1.82, 2.24) is 15.3 Å². The van der Waals surface area contributed by atoms with Crippen LogP contribution in [0.5, 0.6) is 0 Å². The molecule has 0 fully saturated rings. The number of hydrogen-bond donors (Lipinski definition) is 3. The zero-order valence-electron chi connectivity index (χ0n) is 14.1. The maximum atomic E-state index is 12.1. The van der Waals surface area contributed by atoms with Crippen LogP contribution in [0.2, 0.25) is 0 Å². The Balaban J connectivity index is 1.92. The molecule has 0 aliphatic carbocycles. The molecule has 6 nitrogen and oxygen atoms in total. The summed E-state index contributed by atoms with van der Waals surface area (Å²) in [6, 6.07) is 14.6. The van der Waals surface area contributed by atoms with Gasteiger partial charge < -0.3 is 15.5 Å². The Labute approximate surface area is 151 Å². The van der Waals surface area contributed by atoms with E-state index in [1.165, 1.54) is 0 Å². The molecule has 1 aromatic heterocycles. The van der Waals surface area contributed by atoms with Gasteiger partial charge in [0.05, 0.1) is 37.0 Å². The molecule has 3 aromatic rings. The number of hydrogen-bond acceptors (Lipinski definition) is 5. The lowest BCUT2D eigenvalue weighted by Crippen LogP contribution is -2.26. The quantitative estimate of drug-likeness (QED) is 0.633. The average Bonchev–Trinajstić information content (AvgIpc) is 2.72. The minimum Gasteiger partial charge on any atom is -0.395 e. The predicted octanol–water partition coefficient (Wildman–Crippen LogP) is 2.02. The van der Waals surface area contributed by atoms with Crippen LogP contribution >= 0.6 is 0 Å². The van der Waals surface area contributed by atoms with Crippen molar-refractivity contribution in [3.63, 3.8) is 0 Å². The lowest BCUT2D eigenvalue weighted by molar-refractivity contribution is 0.0945. The topological polar surface area (TPSA) is 95.3 Å². The van der Waals surface area contributed by atoms with Crippen molar-refractivity contribution in [2.75, 3.05) is 13.2 Å². The van der Waals surface area contributed by atoms with E-state index in [2.05, 4.69) is 15.3 Å². The van der Waals surface area contributed by atoms with Gasteiger partial charge >= 0.3 is 0 Å². The van der Waals surface area contributed by atoms with Gasteiger partial charge in [0.2, 0.25) is 0 Å². The first-order valence-corrected chi connectivity index (χ1v) is 8.23. The zero-order chi connectivity index (χ0) is 18.4. The minimum absolute atomic E-state index is 0.0358. The Bertz CT molecular complexity index is 912. The minimum atomic E-state index is -0.249. The van der Waals surface area contributed by atoms with Crippen LogP contribution in [-0.2, 0) is 6.61 Å². The molecule has 0 unspecified atom stereocenters. The number of aliphatic hydroxyl groups excluding tert-OH is 2. The maximum absolute atomic E-state index is 12.1. The maximum Gasteiger partial charge on any atom is 0.251 e. The van der Waals surface area contributed by atoms with Crippen LogP contribution in [-0.4, -0.2) is 39.2 Å². The third-order valence-corrected chi connectivity index (χ3v) is 3.86. The summed E-state index contributed by atoms with van der Waals surface area (Å²) in [5, 5.41) is 20.7. The smallest absolute Gasteiger partial charge is 0.251 e. The van der Waals surface area contributed by atoms with Gasteiger partial charge in [-0.15, -0.1) is 0 Å². The molecule has 1 amide bonds. The first kappa shape index (κ1) is 17.7. The van der Waals surface area contributed by atoms with Crippen molar-refractivity contribution in [2.45, 2.75) is 6.61 Å². The van der Waals surface area contributed by atoms with Crippen LogP contribution in [0, 0.1) is 0 Å². The Morgan fingerprint density at radius 3 is 2.35 bits per heavy atom. The van der Waals surface area contributed by atoms with Gasteiger partial charge in [-0.3, -0.25) is 9.78 Å². The molecular weight excluding hydrogens is 330 g/mol. The molecule has 3 rings (SSSR count). The van der Waals surface area contributed by atoms with Crippen molar-refractivity contribution in [2.24, 2.45) is 0 Å². The highest BCUT2D eigenvalue weighted by molar-refractivity contribution is 5.95. The summed E-state index contributed by atoms with van der Waals surface area (Å²) in [4.78, 5) is 21.0. The molecule has 0 radical (unpaired) electrons. The molecular formula is C20H19N3O3. The predicted molar refractivity (Wildman–Crippen MR) is 98.2 cm³/mol. The molecule has 0 saturated carbocycles. The molecule has 0 aliphatic heterocycles. The molecule has 1 heterocycles. The standard InChI is InChI=1S/C20H19N3O3/c24-8-7-22-20(26)17-6-2-5-16(10-17)19-12-21-11-18(23-19)15-4-1-3-14(9-15)13-25/h1-6,9-12,24-25H,7-8,13H2,(H,22,26). The third kappa shape index (κ3) is 4.11. The fourth-order valence-corrected chi connectivity index (χ4v) is 2.56. The number of carbonyl (C=O) groups is 1. The van der Waals surface area contributed by atoms with E-state index < -0.39 is 0 Å². The monoisotopic (exact) mass is 349 g/mol. The van der Waals surface area contributed by atoms with Crippen molar-refractivity contribution in [3.8, 4) is 22.5 Å². The number of nitrogens with zero attached hydrogens (tertiary/aromatic N) is 2. The highest BCUT2D eigenvalue weighted by Crippen LogP contribution is 2.23. The SMILES string of the molecule is O=C(NCCO)c1cccc(-c2cncc(-c3cccc(CO)c3)n2)c1. The molecule has 26 heavy (non-hydrogen) atoms. The number of rotatable bonds is 6. The van der Waals surface area contributed by atoms with E-state index in [0.29, 0.717) is 17.0 Å². The van der Waals surface area contributed by atoms with Gasteiger partial charge in [-0.05, 0) is 23.8 Å². The molecule has 0 bridgehead atoms. The molecule has 0 atom stereocenters. The largest absolute Gasteiger partial charge is 0.395 e. The van der Waals surface area contributed by atoms with Gasteiger partial charge in [-0.1, -0.05) is 30.3 Å². The first-order chi connectivity index (χ1) is 12.7. The van der Waals surface area contributed by atoms with E-state index in [-0.39, 0.29) is 25.7 Å². The highest BCUT2D eigenvalue weighted by atomic mass is 16.3. The number of nitrogens with one attached hydrogen (secondary N) is 1. The van der Waals surface area contributed by atoms with Gasteiger partial charge in [-0.2, -0.15) is 0 Å². The Hall–Kier alpha value is -3.09. The Kier molecular flexibility index (Phi) is 5.68. The second kappa shape index (κ2) is 8.33. The summed E-state index contributed by atoms with van der Waals surface area (Å²) in [6.45, 7) is 0.0668. The highest BCUT2D eigenvalue weighted by Gasteiger charge is 2.09. The van der Waals surface area contributed by atoms with E-state index >= 15 is 0 Å². The van der Waals surface area contributed by atoms with Crippen molar-refractivity contribution >= 4 is 5.91 Å². The third-order valence-electron chi connectivity index (χ3n) is 3.86. The molecule has 132 valence electrons. The number of benzene rings is 2. The number of aliphatic hydroxyl groups is 2. The molecule has 3 N–H and O–H groups in total. The van der Waals surface area contributed by atoms with Gasteiger partial charge in [0, 0.05) is 23.2 Å². The van der Waals surface area contributed by atoms with Crippen molar-refractivity contribution in [1.29, 1.82) is 0 Å². The summed E-state index contributed by atoms with van der Waals surface area (Å²) in [5.41, 5.74) is 4.27. The summed E-state index contributed by atoms with van der Waals surface area (Å²) in [5.74, 6) is -0.249. The normalized spacial score (nSPS) is 10.5. The second-order valence-corrected chi connectivity index (χ2v) is 5.71. The number of carbonyl (C=O) groups excluding carboxylic acids is 1. The van der Waals surface area contributed by atoms with Crippen LogP contribution in [0.25, 0.3) is 22.5 Å². The van der Waals surface area contributed by atoms with E-state index in [1.807, 2.05) is 30.3 Å². The van der Waals surface area contributed by atoms with Crippen LogP contribution in [0.3, 0.4) is 0 Å². The van der Waals surface area contributed by atoms with Gasteiger partial charge in [0.1, 0.15) is 0 Å². The summed E-state index contributed by atoms with van der Waals surface area (Å²) >= 11 is 0. The van der Waals surface area contributed by atoms with E-state index in [0.717, 1.165) is 16.7 Å². The van der Waals surface area contributed by atoms with E-state index in [1.54, 1.807) is 30.6 Å². The number of aromatic nitrogens is 2. The van der Waals surface area contributed by atoms with Crippen LogP contribution in [0.4, 0.5) is 0 Å². The Morgan fingerprint density at radius 1 is 0.962 bits per heavy atom. The fraction of sp³-hybridized carbons (Fsp3) is 0.150. The van der Waals surface area contributed by atoms with Crippen molar-refractivity contribution in [3.05, 3.63) is 72.1 Å². The molecule has 0 aliphatic rings.